The van der Waals surface area contributed by atoms with Gasteiger partial charge in [-0.3, -0.25) is 0 Å². The lowest BCUT2D eigenvalue weighted by molar-refractivity contribution is 0.0487. The minimum Gasteiger partial charge on any atom is -0.493 e. The summed E-state index contributed by atoms with van der Waals surface area (Å²) in [5, 5.41) is 0. The molecule has 32 heavy (non-hydrogen) atoms. The molecule has 0 N–H and O–H groups in total. The molecular weight excluding hydrogens is 412 g/mol. The van der Waals surface area contributed by atoms with Gasteiger partial charge in [0.25, 0.3) is 0 Å². The molecule has 2 aliphatic rings. The summed E-state index contributed by atoms with van der Waals surface area (Å²) in [6, 6.07) is 3.31. The average Bonchev–Trinajstić information content (AvgIpc) is 3.05. The number of hydrogen-bond acceptors (Lipinski definition) is 8. The first kappa shape index (κ1) is 24.6. The van der Waals surface area contributed by atoms with Crippen molar-refractivity contribution < 1.29 is 28.5 Å². The van der Waals surface area contributed by atoms with Crippen LogP contribution in [0.4, 0.5) is 0 Å². The molecule has 2 heterocycles. The van der Waals surface area contributed by atoms with E-state index >= 15 is 0 Å². The Morgan fingerprint density at radius 2 is 1.53 bits per heavy atom. The van der Waals surface area contributed by atoms with Gasteiger partial charge in [0.05, 0.1) is 39.1 Å². The molecule has 3 unspecified atom stereocenters. The number of rotatable bonds is 3. The summed E-state index contributed by atoms with van der Waals surface area (Å²) in [5.41, 5.74) is 0.399. The van der Waals surface area contributed by atoms with Crippen molar-refractivity contribution in [2.24, 2.45) is 0 Å². The van der Waals surface area contributed by atoms with E-state index in [-0.39, 0.29) is 12.1 Å². The second kappa shape index (κ2) is 12.9. The third-order valence-corrected chi connectivity index (χ3v) is 6.24. The third-order valence-electron chi connectivity index (χ3n) is 6.24. The molecule has 1 aromatic rings. The number of methoxy groups -OCH3 is 3. The van der Waals surface area contributed by atoms with Gasteiger partial charge in [0, 0.05) is 33.3 Å². The minimum absolute atomic E-state index is 0.206. The maximum Gasteiger partial charge on any atom is 0.338 e. The van der Waals surface area contributed by atoms with Crippen molar-refractivity contribution in [2.45, 2.75) is 38.2 Å². The van der Waals surface area contributed by atoms with Crippen LogP contribution in [0.2, 0.25) is 0 Å². The van der Waals surface area contributed by atoms with E-state index in [1.165, 1.54) is 6.42 Å². The maximum atomic E-state index is 12.7. The lowest BCUT2D eigenvalue weighted by atomic mass is 10.1. The van der Waals surface area contributed by atoms with Gasteiger partial charge in [0.2, 0.25) is 5.75 Å². The molecule has 0 aliphatic carbocycles. The predicted octanol–water partition coefficient (Wildman–Crippen LogP) is 2.84. The van der Waals surface area contributed by atoms with Crippen molar-refractivity contribution in [1.29, 1.82) is 0 Å². The summed E-state index contributed by atoms with van der Waals surface area (Å²) >= 11 is 0. The van der Waals surface area contributed by atoms with Crippen molar-refractivity contribution >= 4 is 5.97 Å². The summed E-state index contributed by atoms with van der Waals surface area (Å²) in [4.78, 5) is 17.7. The van der Waals surface area contributed by atoms with Crippen LogP contribution in [0.15, 0.2) is 12.1 Å². The fourth-order valence-corrected chi connectivity index (χ4v) is 4.36. The Labute approximate surface area is 191 Å². The molecule has 1 saturated heterocycles. The highest BCUT2D eigenvalue weighted by molar-refractivity contribution is 5.91. The molecule has 2 aliphatic heterocycles. The van der Waals surface area contributed by atoms with Gasteiger partial charge < -0.3 is 33.5 Å². The summed E-state index contributed by atoms with van der Waals surface area (Å²) in [6.07, 6.45) is 4.96. The Morgan fingerprint density at radius 1 is 0.812 bits per heavy atom. The van der Waals surface area contributed by atoms with Gasteiger partial charge in [-0.15, -0.1) is 0 Å². The van der Waals surface area contributed by atoms with Gasteiger partial charge >= 0.3 is 5.97 Å². The molecule has 0 spiro atoms. The number of carbonyl (C=O) groups excluding carboxylic acids is 1. The van der Waals surface area contributed by atoms with Crippen molar-refractivity contribution in [3.8, 4) is 17.2 Å². The topological polar surface area (TPSA) is 69.7 Å². The first-order valence-electron chi connectivity index (χ1n) is 11.7. The van der Waals surface area contributed by atoms with Crippen LogP contribution >= 0.6 is 0 Å². The monoisotopic (exact) mass is 450 g/mol. The van der Waals surface area contributed by atoms with Crippen molar-refractivity contribution in [3.63, 3.8) is 0 Å². The number of carbonyl (C=O) groups is 1. The molecule has 180 valence electrons. The van der Waals surface area contributed by atoms with Crippen molar-refractivity contribution in [1.82, 2.24) is 9.80 Å². The number of esters is 1. The van der Waals surface area contributed by atoms with Gasteiger partial charge in [-0.05, 0) is 57.3 Å². The first-order valence-corrected chi connectivity index (χ1v) is 11.7. The van der Waals surface area contributed by atoms with Crippen LogP contribution in [0.3, 0.4) is 0 Å². The van der Waals surface area contributed by atoms with Crippen LogP contribution in [0.1, 0.15) is 42.5 Å². The lowest BCUT2D eigenvalue weighted by Crippen LogP contribution is -2.33. The van der Waals surface area contributed by atoms with E-state index in [9.17, 15) is 4.79 Å². The molecule has 3 rings (SSSR count). The molecule has 3 atom stereocenters. The zero-order chi connectivity index (χ0) is 22.8. The molecule has 1 fully saturated rings. The Bertz CT molecular complexity index is 729. The zero-order valence-electron chi connectivity index (χ0n) is 19.8. The number of fused-ring (bicyclic) bond motifs is 5. The Balaban J connectivity index is 1.74. The maximum absolute atomic E-state index is 12.7. The minimum atomic E-state index is -0.379. The highest BCUT2D eigenvalue weighted by Gasteiger charge is 2.20. The Morgan fingerprint density at radius 3 is 2.25 bits per heavy atom. The van der Waals surface area contributed by atoms with E-state index in [2.05, 4.69) is 9.80 Å². The van der Waals surface area contributed by atoms with Gasteiger partial charge in [-0.2, -0.15) is 0 Å². The van der Waals surface area contributed by atoms with E-state index in [1.807, 2.05) is 0 Å². The van der Waals surface area contributed by atoms with Gasteiger partial charge in [-0.1, -0.05) is 0 Å². The second-order valence-corrected chi connectivity index (χ2v) is 8.37. The number of cyclic esters (lactones) is 1. The van der Waals surface area contributed by atoms with Gasteiger partial charge in [0.15, 0.2) is 11.5 Å². The van der Waals surface area contributed by atoms with Gasteiger partial charge in [0.1, 0.15) is 0 Å². The van der Waals surface area contributed by atoms with E-state index in [1.54, 1.807) is 33.5 Å². The number of benzene rings is 1. The lowest BCUT2D eigenvalue weighted by Gasteiger charge is -2.24. The van der Waals surface area contributed by atoms with E-state index in [0.717, 1.165) is 65.0 Å². The number of ether oxygens (including phenoxy) is 5. The molecule has 0 saturated carbocycles. The highest BCUT2D eigenvalue weighted by atomic mass is 16.5. The molecule has 4 bridgehead atoms. The van der Waals surface area contributed by atoms with Crippen LogP contribution in [-0.2, 0) is 9.47 Å². The van der Waals surface area contributed by atoms with Crippen molar-refractivity contribution in [3.05, 3.63) is 17.7 Å². The van der Waals surface area contributed by atoms with Gasteiger partial charge in [-0.25, -0.2) is 4.79 Å². The zero-order valence-corrected chi connectivity index (χ0v) is 19.8. The van der Waals surface area contributed by atoms with E-state index in [4.69, 9.17) is 23.7 Å². The summed E-state index contributed by atoms with van der Waals surface area (Å²) < 4.78 is 28.2. The standard InChI is InChI=1S/C24H38N2O6/c1-28-20-7-4-15-31-22-18-19(17-21(29-2)23(22)30-3)24(27)32-16-6-11-25-9-5-10-26(12-8-20)14-13-25/h17-18,20H,4-16H2,1-3H3. The van der Waals surface area contributed by atoms with Crippen LogP contribution in [0, 0.1) is 0 Å². The Kier molecular flexibility index (Phi) is 9.89. The Hall–Kier alpha value is -2.03. The molecule has 1 aromatic carbocycles. The summed E-state index contributed by atoms with van der Waals surface area (Å²) in [6.45, 7) is 7.22. The quantitative estimate of drug-likeness (QED) is 0.651. The van der Waals surface area contributed by atoms with Crippen LogP contribution < -0.4 is 14.2 Å². The van der Waals surface area contributed by atoms with E-state index in [0.29, 0.717) is 36.0 Å². The van der Waals surface area contributed by atoms with E-state index < -0.39 is 0 Å². The molecular formula is C24H38N2O6. The van der Waals surface area contributed by atoms with Crippen molar-refractivity contribution in [2.75, 3.05) is 73.8 Å². The third kappa shape index (κ3) is 6.98. The van der Waals surface area contributed by atoms with Crippen LogP contribution in [0.25, 0.3) is 0 Å². The molecule has 0 radical (unpaired) electrons. The molecule has 8 heteroatoms. The van der Waals surface area contributed by atoms with Crippen LogP contribution in [-0.4, -0.2) is 95.7 Å². The average molecular weight is 451 g/mol. The second-order valence-electron chi connectivity index (χ2n) is 8.37. The summed E-state index contributed by atoms with van der Waals surface area (Å²) in [7, 11) is 4.89. The predicted molar refractivity (Wildman–Crippen MR) is 122 cm³/mol. The first-order chi connectivity index (χ1) is 15.6. The number of nitrogens with zero attached hydrogens (tertiary/aromatic N) is 2. The smallest absolute Gasteiger partial charge is 0.338 e. The van der Waals surface area contributed by atoms with Crippen LogP contribution in [0.5, 0.6) is 17.2 Å². The fourth-order valence-electron chi connectivity index (χ4n) is 4.36. The molecule has 8 nitrogen and oxygen atoms in total. The SMILES string of the molecule is COc1cc2cc(c1OC)OCCCC(OC)CCN1CCCN(CCCOC2=O)CC1. The largest absolute Gasteiger partial charge is 0.493 e. The molecule has 0 aromatic heterocycles. The molecule has 0 amide bonds. The number of hydrogen-bond donors (Lipinski definition) is 0. The highest BCUT2D eigenvalue weighted by Crippen LogP contribution is 2.38. The fraction of sp³-hybridized carbons (Fsp3) is 0.708. The normalized spacial score (nSPS) is 26.0. The summed E-state index contributed by atoms with van der Waals surface area (Å²) in [5.74, 6) is 1.03.